The van der Waals surface area contributed by atoms with Crippen LogP contribution in [0.1, 0.15) is 28.8 Å². The van der Waals surface area contributed by atoms with E-state index >= 15 is 0 Å². The van der Waals surface area contributed by atoms with Gasteiger partial charge in [-0.2, -0.15) is 0 Å². The lowest BCUT2D eigenvalue weighted by Crippen LogP contribution is -2.29. The first kappa shape index (κ1) is 24.1. The van der Waals surface area contributed by atoms with Gasteiger partial charge in [0.25, 0.3) is 5.91 Å². The van der Waals surface area contributed by atoms with Crippen molar-refractivity contribution < 1.29 is 28.5 Å². The SMILES string of the molecule is COc1cc(OC)c(OC)cc1CNC(=O)COC(=O)c1cc2ccccc2nc1N1CCCC1. The monoisotopic (exact) mass is 479 g/mol. The van der Waals surface area contributed by atoms with Crippen LogP contribution in [0.4, 0.5) is 5.82 Å². The van der Waals surface area contributed by atoms with E-state index in [-0.39, 0.29) is 6.54 Å². The quantitative estimate of drug-likeness (QED) is 0.467. The summed E-state index contributed by atoms with van der Waals surface area (Å²) < 4.78 is 21.4. The number of rotatable bonds is 9. The highest BCUT2D eigenvalue weighted by atomic mass is 16.5. The van der Waals surface area contributed by atoms with Crippen LogP contribution in [0.3, 0.4) is 0 Å². The van der Waals surface area contributed by atoms with E-state index in [2.05, 4.69) is 10.2 Å². The van der Waals surface area contributed by atoms with Crippen molar-refractivity contribution in [3.8, 4) is 17.2 Å². The maximum atomic E-state index is 13.0. The molecular formula is C26H29N3O6. The van der Waals surface area contributed by atoms with E-state index < -0.39 is 18.5 Å². The number of anilines is 1. The fraction of sp³-hybridized carbons (Fsp3) is 0.346. The Hall–Kier alpha value is -4.01. The summed E-state index contributed by atoms with van der Waals surface area (Å²) in [6.07, 6.45) is 2.09. The predicted molar refractivity (Wildman–Crippen MR) is 131 cm³/mol. The van der Waals surface area contributed by atoms with Crippen molar-refractivity contribution in [1.82, 2.24) is 10.3 Å². The van der Waals surface area contributed by atoms with Gasteiger partial charge in [-0.1, -0.05) is 18.2 Å². The Bertz CT molecular complexity index is 1220. The molecule has 0 unspecified atom stereocenters. The number of benzene rings is 2. The number of methoxy groups -OCH3 is 3. The third kappa shape index (κ3) is 5.40. The van der Waals surface area contributed by atoms with Crippen LogP contribution in [0.2, 0.25) is 0 Å². The van der Waals surface area contributed by atoms with Gasteiger partial charge in [-0.05, 0) is 31.0 Å². The standard InChI is InChI=1S/C26H29N3O6/c1-32-21-14-23(34-3)22(33-2)13-18(21)15-27-24(30)16-35-26(31)19-12-17-8-4-5-9-20(17)28-25(19)29-10-6-7-11-29/h4-5,8-9,12-14H,6-7,10-11,15-16H2,1-3H3,(H,27,30). The topological polar surface area (TPSA) is 99.2 Å². The Morgan fingerprint density at radius 2 is 1.63 bits per heavy atom. The zero-order valence-corrected chi connectivity index (χ0v) is 20.1. The van der Waals surface area contributed by atoms with E-state index in [9.17, 15) is 9.59 Å². The number of aromatic nitrogens is 1. The second-order valence-corrected chi connectivity index (χ2v) is 8.12. The molecule has 0 saturated carbocycles. The second kappa shape index (κ2) is 10.9. The van der Waals surface area contributed by atoms with Crippen molar-refractivity contribution in [1.29, 1.82) is 0 Å². The summed E-state index contributed by atoms with van der Waals surface area (Å²) in [5.74, 6) is 1.16. The number of esters is 1. The van der Waals surface area contributed by atoms with Crippen LogP contribution in [-0.4, -0.2) is 57.9 Å². The molecule has 2 aromatic carbocycles. The van der Waals surface area contributed by atoms with Crippen LogP contribution in [-0.2, 0) is 16.1 Å². The molecule has 4 rings (SSSR count). The van der Waals surface area contributed by atoms with Crippen LogP contribution in [0.25, 0.3) is 10.9 Å². The average Bonchev–Trinajstić information content (AvgIpc) is 3.44. The van der Waals surface area contributed by atoms with Crippen molar-refractivity contribution in [2.45, 2.75) is 19.4 Å². The zero-order valence-electron chi connectivity index (χ0n) is 20.1. The molecular weight excluding hydrogens is 450 g/mol. The molecule has 0 atom stereocenters. The normalized spacial score (nSPS) is 12.9. The van der Waals surface area contributed by atoms with Gasteiger partial charge < -0.3 is 29.2 Å². The van der Waals surface area contributed by atoms with Crippen LogP contribution < -0.4 is 24.4 Å². The van der Waals surface area contributed by atoms with Gasteiger partial charge in [0.15, 0.2) is 18.1 Å². The van der Waals surface area contributed by atoms with E-state index in [0.717, 1.165) is 36.8 Å². The molecule has 0 bridgehead atoms. The van der Waals surface area contributed by atoms with E-state index in [0.29, 0.717) is 34.2 Å². The fourth-order valence-corrected chi connectivity index (χ4v) is 4.11. The van der Waals surface area contributed by atoms with Crippen LogP contribution in [0, 0.1) is 0 Å². The van der Waals surface area contributed by atoms with Crippen molar-refractivity contribution in [3.05, 3.63) is 53.6 Å². The molecule has 1 amide bonds. The van der Waals surface area contributed by atoms with Gasteiger partial charge in [-0.3, -0.25) is 4.79 Å². The van der Waals surface area contributed by atoms with Gasteiger partial charge in [0.2, 0.25) is 0 Å². The van der Waals surface area contributed by atoms with Crippen LogP contribution in [0.5, 0.6) is 17.2 Å². The van der Waals surface area contributed by atoms with Gasteiger partial charge in [0.1, 0.15) is 17.1 Å². The van der Waals surface area contributed by atoms with Gasteiger partial charge >= 0.3 is 5.97 Å². The number of nitrogens with one attached hydrogen (secondary N) is 1. The first-order valence-corrected chi connectivity index (χ1v) is 11.4. The molecule has 1 aromatic heterocycles. The Labute approximate surface area is 203 Å². The molecule has 2 heterocycles. The molecule has 1 saturated heterocycles. The minimum atomic E-state index is -0.580. The molecule has 1 fully saturated rings. The number of hydrogen-bond acceptors (Lipinski definition) is 8. The van der Waals surface area contributed by atoms with E-state index in [1.54, 1.807) is 18.2 Å². The summed E-state index contributed by atoms with van der Waals surface area (Å²) >= 11 is 0. The lowest BCUT2D eigenvalue weighted by molar-refractivity contribution is -0.124. The highest BCUT2D eigenvalue weighted by Gasteiger charge is 2.23. The van der Waals surface area contributed by atoms with E-state index in [1.165, 1.54) is 21.3 Å². The van der Waals surface area contributed by atoms with Crippen molar-refractivity contribution >= 4 is 28.6 Å². The van der Waals surface area contributed by atoms with Crippen LogP contribution in [0.15, 0.2) is 42.5 Å². The third-order valence-corrected chi connectivity index (χ3v) is 5.93. The maximum Gasteiger partial charge on any atom is 0.342 e. The van der Waals surface area contributed by atoms with Gasteiger partial charge in [0, 0.05) is 36.7 Å². The molecule has 0 spiro atoms. The Kier molecular flexibility index (Phi) is 7.54. The lowest BCUT2D eigenvalue weighted by Gasteiger charge is -2.20. The van der Waals surface area contributed by atoms with E-state index in [1.807, 2.05) is 24.3 Å². The number of pyridine rings is 1. The number of fused-ring (bicyclic) bond motifs is 1. The molecule has 9 nitrogen and oxygen atoms in total. The summed E-state index contributed by atoms with van der Waals surface area (Å²) in [7, 11) is 4.60. The number of nitrogens with zero attached hydrogens (tertiary/aromatic N) is 2. The number of amides is 1. The molecule has 184 valence electrons. The molecule has 9 heteroatoms. The summed E-state index contributed by atoms with van der Waals surface area (Å²) in [6.45, 7) is 1.41. The molecule has 0 aliphatic carbocycles. The summed E-state index contributed by atoms with van der Waals surface area (Å²) in [5, 5.41) is 3.59. The van der Waals surface area contributed by atoms with Gasteiger partial charge in [0.05, 0.1) is 26.8 Å². The Morgan fingerprint density at radius 1 is 0.943 bits per heavy atom. The Balaban J connectivity index is 1.43. The predicted octanol–water partition coefficient (Wildman–Crippen LogP) is 3.33. The third-order valence-electron chi connectivity index (χ3n) is 5.93. The largest absolute Gasteiger partial charge is 0.496 e. The molecule has 1 aliphatic rings. The maximum absolute atomic E-state index is 13.0. The van der Waals surface area contributed by atoms with Crippen molar-refractivity contribution in [2.75, 3.05) is 45.9 Å². The number of para-hydroxylation sites is 1. The number of carbonyl (C=O) groups excluding carboxylic acids is 2. The summed E-state index contributed by atoms with van der Waals surface area (Å²) in [6, 6.07) is 12.8. The molecule has 35 heavy (non-hydrogen) atoms. The zero-order chi connectivity index (χ0) is 24.8. The Morgan fingerprint density at radius 3 is 2.34 bits per heavy atom. The molecule has 0 radical (unpaired) electrons. The van der Waals surface area contributed by atoms with Crippen LogP contribution >= 0.6 is 0 Å². The molecule has 1 N–H and O–H groups in total. The summed E-state index contributed by atoms with van der Waals surface area (Å²) in [5.41, 5.74) is 1.87. The minimum absolute atomic E-state index is 0.163. The smallest absolute Gasteiger partial charge is 0.342 e. The summed E-state index contributed by atoms with van der Waals surface area (Å²) in [4.78, 5) is 32.3. The number of hydrogen-bond donors (Lipinski definition) is 1. The van der Waals surface area contributed by atoms with Crippen molar-refractivity contribution in [2.24, 2.45) is 0 Å². The fourth-order valence-electron chi connectivity index (χ4n) is 4.11. The van der Waals surface area contributed by atoms with E-state index in [4.69, 9.17) is 23.9 Å². The van der Waals surface area contributed by atoms with Crippen molar-refractivity contribution in [3.63, 3.8) is 0 Å². The average molecular weight is 480 g/mol. The molecule has 1 aliphatic heterocycles. The van der Waals surface area contributed by atoms with Gasteiger partial charge in [-0.15, -0.1) is 0 Å². The first-order valence-electron chi connectivity index (χ1n) is 11.4. The second-order valence-electron chi connectivity index (χ2n) is 8.12. The van der Waals surface area contributed by atoms with Gasteiger partial charge in [-0.25, -0.2) is 9.78 Å². The first-order chi connectivity index (χ1) is 17.0. The molecule has 3 aromatic rings. The highest BCUT2D eigenvalue weighted by molar-refractivity contribution is 6.00. The number of carbonyl (C=O) groups is 2. The lowest BCUT2D eigenvalue weighted by atomic mass is 10.1. The number of ether oxygens (including phenoxy) is 4. The highest BCUT2D eigenvalue weighted by Crippen LogP contribution is 2.34. The minimum Gasteiger partial charge on any atom is -0.496 e.